The molecule has 0 radical (unpaired) electrons. The Labute approximate surface area is 74.2 Å². The van der Waals surface area contributed by atoms with Gasteiger partial charge in [0, 0.05) is 13.2 Å². The molecule has 3 heteroatoms. The summed E-state index contributed by atoms with van der Waals surface area (Å²) in [7, 11) is 0. The van der Waals surface area contributed by atoms with Crippen LogP contribution in [0, 0.1) is 11.3 Å². The Morgan fingerprint density at radius 1 is 1.58 bits per heavy atom. The van der Waals surface area contributed by atoms with Crippen molar-refractivity contribution in [3.63, 3.8) is 0 Å². The van der Waals surface area contributed by atoms with Gasteiger partial charge in [-0.05, 0) is 24.2 Å². The molecule has 0 spiro atoms. The minimum Gasteiger partial charge on any atom is -0.381 e. The fraction of sp³-hybridized carbons (Fsp3) is 1.00. The molecule has 0 aromatic rings. The van der Waals surface area contributed by atoms with E-state index in [-0.39, 0.29) is 5.41 Å². The molecule has 0 aromatic heterocycles. The van der Waals surface area contributed by atoms with E-state index in [1.807, 2.05) is 0 Å². The predicted molar refractivity (Wildman–Crippen MR) is 47.5 cm³/mol. The molecule has 0 bridgehead atoms. The zero-order chi connectivity index (χ0) is 9.03. The van der Waals surface area contributed by atoms with E-state index in [4.69, 9.17) is 15.5 Å². The van der Waals surface area contributed by atoms with Crippen molar-refractivity contribution in [1.29, 1.82) is 0 Å². The van der Waals surface area contributed by atoms with Crippen LogP contribution in [-0.4, -0.2) is 19.8 Å². The zero-order valence-electron chi connectivity index (χ0n) is 8.01. The molecule has 1 aliphatic heterocycles. The summed E-state index contributed by atoms with van der Waals surface area (Å²) in [6, 6.07) is 0. The third-order valence-corrected chi connectivity index (χ3v) is 2.72. The van der Waals surface area contributed by atoms with Crippen molar-refractivity contribution in [3.8, 4) is 0 Å². The van der Waals surface area contributed by atoms with Gasteiger partial charge < -0.3 is 9.57 Å². The SMILES string of the molecule is CC(C)(CON)C1CCCOC1. The molecular weight excluding hydrogens is 154 g/mol. The number of hydrogen-bond acceptors (Lipinski definition) is 3. The van der Waals surface area contributed by atoms with E-state index >= 15 is 0 Å². The van der Waals surface area contributed by atoms with Gasteiger partial charge in [-0.15, -0.1) is 0 Å². The highest BCUT2D eigenvalue weighted by molar-refractivity contribution is 4.79. The van der Waals surface area contributed by atoms with Crippen LogP contribution in [0.15, 0.2) is 0 Å². The maximum Gasteiger partial charge on any atom is 0.0733 e. The van der Waals surface area contributed by atoms with Gasteiger partial charge in [-0.25, -0.2) is 5.90 Å². The van der Waals surface area contributed by atoms with Crippen LogP contribution < -0.4 is 5.90 Å². The number of hydrogen-bond donors (Lipinski definition) is 1. The number of nitrogens with two attached hydrogens (primary N) is 1. The normalized spacial score (nSPS) is 25.8. The van der Waals surface area contributed by atoms with E-state index in [1.165, 1.54) is 12.8 Å². The lowest BCUT2D eigenvalue weighted by molar-refractivity contribution is -0.0377. The van der Waals surface area contributed by atoms with E-state index in [0.717, 1.165) is 13.2 Å². The highest BCUT2D eigenvalue weighted by Crippen LogP contribution is 2.32. The first kappa shape index (κ1) is 9.96. The van der Waals surface area contributed by atoms with Gasteiger partial charge >= 0.3 is 0 Å². The molecule has 1 aliphatic rings. The second kappa shape index (κ2) is 4.21. The van der Waals surface area contributed by atoms with Gasteiger partial charge in [-0.2, -0.15) is 0 Å². The molecule has 1 fully saturated rings. The lowest BCUT2D eigenvalue weighted by atomic mass is 9.77. The first-order valence-electron chi connectivity index (χ1n) is 4.56. The Bertz CT molecular complexity index is 130. The smallest absolute Gasteiger partial charge is 0.0733 e. The van der Waals surface area contributed by atoms with Crippen LogP contribution in [0.3, 0.4) is 0 Å². The van der Waals surface area contributed by atoms with Gasteiger partial charge in [0.05, 0.1) is 6.61 Å². The zero-order valence-corrected chi connectivity index (χ0v) is 8.01. The van der Waals surface area contributed by atoms with E-state index in [2.05, 4.69) is 13.8 Å². The highest BCUT2D eigenvalue weighted by Gasteiger charge is 2.31. The van der Waals surface area contributed by atoms with Crippen LogP contribution >= 0.6 is 0 Å². The fourth-order valence-electron chi connectivity index (χ4n) is 1.69. The van der Waals surface area contributed by atoms with Gasteiger partial charge in [0.1, 0.15) is 0 Å². The Kier molecular flexibility index (Phi) is 3.50. The molecule has 3 nitrogen and oxygen atoms in total. The van der Waals surface area contributed by atoms with Gasteiger partial charge in [-0.3, -0.25) is 0 Å². The van der Waals surface area contributed by atoms with Crippen LogP contribution in [0.5, 0.6) is 0 Å². The molecule has 1 unspecified atom stereocenters. The van der Waals surface area contributed by atoms with Crippen molar-refractivity contribution >= 4 is 0 Å². The van der Waals surface area contributed by atoms with Crippen LogP contribution in [-0.2, 0) is 9.57 Å². The highest BCUT2D eigenvalue weighted by atomic mass is 16.6. The summed E-state index contributed by atoms with van der Waals surface area (Å²) in [5, 5.41) is 0. The van der Waals surface area contributed by atoms with Crippen LogP contribution in [0.4, 0.5) is 0 Å². The van der Waals surface area contributed by atoms with Gasteiger partial charge in [-0.1, -0.05) is 13.8 Å². The van der Waals surface area contributed by atoms with Crippen molar-refractivity contribution in [2.24, 2.45) is 17.2 Å². The van der Waals surface area contributed by atoms with Crippen LogP contribution in [0.1, 0.15) is 26.7 Å². The van der Waals surface area contributed by atoms with Crippen molar-refractivity contribution in [2.45, 2.75) is 26.7 Å². The lowest BCUT2D eigenvalue weighted by Crippen LogP contribution is -2.35. The number of ether oxygens (including phenoxy) is 1. The molecule has 12 heavy (non-hydrogen) atoms. The third kappa shape index (κ3) is 2.44. The quantitative estimate of drug-likeness (QED) is 0.655. The molecule has 0 aromatic carbocycles. The Morgan fingerprint density at radius 3 is 2.83 bits per heavy atom. The average molecular weight is 173 g/mol. The van der Waals surface area contributed by atoms with E-state index in [1.54, 1.807) is 0 Å². The molecule has 1 rings (SSSR count). The van der Waals surface area contributed by atoms with Gasteiger partial charge in [0.2, 0.25) is 0 Å². The summed E-state index contributed by atoms with van der Waals surface area (Å²) in [5.74, 6) is 5.67. The van der Waals surface area contributed by atoms with Crippen molar-refractivity contribution < 1.29 is 9.57 Å². The first-order chi connectivity index (χ1) is 5.67. The Balaban J connectivity index is 2.41. The van der Waals surface area contributed by atoms with Crippen LogP contribution in [0.25, 0.3) is 0 Å². The summed E-state index contributed by atoms with van der Waals surface area (Å²) in [6.45, 7) is 6.74. The largest absolute Gasteiger partial charge is 0.381 e. The van der Waals surface area contributed by atoms with E-state index in [0.29, 0.717) is 12.5 Å². The number of rotatable bonds is 3. The monoisotopic (exact) mass is 173 g/mol. The predicted octanol–water partition coefficient (Wildman–Crippen LogP) is 1.33. The second-order valence-electron chi connectivity index (χ2n) is 4.21. The summed E-state index contributed by atoms with van der Waals surface area (Å²) in [5.41, 5.74) is 0.148. The fourth-order valence-corrected chi connectivity index (χ4v) is 1.69. The molecule has 1 atom stereocenters. The Hall–Kier alpha value is -0.120. The molecule has 2 N–H and O–H groups in total. The molecule has 0 aliphatic carbocycles. The standard InChI is InChI=1S/C9H19NO2/c1-9(2,7-12-10)8-4-3-5-11-6-8/h8H,3-7,10H2,1-2H3. The molecule has 1 saturated heterocycles. The first-order valence-corrected chi connectivity index (χ1v) is 4.56. The maximum atomic E-state index is 5.42. The van der Waals surface area contributed by atoms with Gasteiger partial charge in [0.25, 0.3) is 0 Å². The lowest BCUT2D eigenvalue weighted by Gasteiger charge is -2.35. The molecule has 1 heterocycles. The van der Waals surface area contributed by atoms with Crippen LogP contribution in [0.2, 0.25) is 0 Å². The van der Waals surface area contributed by atoms with E-state index in [9.17, 15) is 0 Å². The minimum atomic E-state index is 0.148. The minimum absolute atomic E-state index is 0.148. The summed E-state index contributed by atoms with van der Waals surface area (Å²) >= 11 is 0. The van der Waals surface area contributed by atoms with Crippen molar-refractivity contribution in [3.05, 3.63) is 0 Å². The maximum absolute atomic E-state index is 5.42. The summed E-state index contributed by atoms with van der Waals surface area (Å²) in [4.78, 5) is 4.70. The molecule has 0 amide bonds. The van der Waals surface area contributed by atoms with Crippen molar-refractivity contribution in [2.75, 3.05) is 19.8 Å². The average Bonchev–Trinajstić information content (AvgIpc) is 2.06. The summed E-state index contributed by atoms with van der Waals surface area (Å²) in [6.07, 6.45) is 2.40. The topological polar surface area (TPSA) is 44.5 Å². The van der Waals surface area contributed by atoms with Crippen molar-refractivity contribution in [1.82, 2.24) is 0 Å². The van der Waals surface area contributed by atoms with Gasteiger partial charge in [0.15, 0.2) is 0 Å². The molecule has 72 valence electrons. The summed E-state index contributed by atoms with van der Waals surface area (Å²) < 4.78 is 5.42. The third-order valence-electron chi connectivity index (χ3n) is 2.72. The second-order valence-corrected chi connectivity index (χ2v) is 4.21. The van der Waals surface area contributed by atoms with E-state index < -0.39 is 0 Å². The molecular formula is C9H19NO2. The Morgan fingerprint density at radius 2 is 2.33 bits per heavy atom. The molecule has 0 saturated carbocycles.